The molecule has 6 heteroatoms. The molecule has 0 fully saturated rings. The highest BCUT2D eigenvalue weighted by atomic mass is 35.5. The number of hydrogen-bond donors (Lipinski definition) is 1. The van der Waals surface area contributed by atoms with Crippen molar-refractivity contribution in [2.24, 2.45) is 0 Å². The number of halogens is 2. The molecular weight excluding hydrogens is 273 g/mol. The molecule has 0 aliphatic rings. The van der Waals surface area contributed by atoms with E-state index < -0.39 is 0 Å². The number of hydrogen-bond acceptors (Lipinski definition) is 3. The van der Waals surface area contributed by atoms with E-state index in [0.29, 0.717) is 11.6 Å². The Balaban J connectivity index is 2.41. The van der Waals surface area contributed by atoms with Gasteiger partial charge in [-0.05, 0) is 24.1 Å². The van der Waals surface area contributed by atoms with Gasteiger partial charge in [-0.1, -0.05) is 35.3 Å². The van der Waals surface area contributed by atoms with Crippen LogP contribution in [0.3, 0.4) is 0 Å². The number of anilines is 1. The SMILES string of the molecule is Cc1ccc(Cn2cnc(Cl)c(N)c2=O)c(Cl)c1. The fourth-order valence-electron chi connectivity index (χ4n) is 1.56. The fourth-order valence-corrected chi connectivity index (χ4v) is 1.98. The van der Waals surface area contributed by atoms with Gasteiger partial charge < -0.3 is 5.73 Å². The smallest absolute Gasteiger partial charge is 0.278 e. The van der Waals surface area contributed by atoms with Crippen molar-refractivity contribution in [1.82, 2.24) is 9.55 Å². The predicted octanol–water partition coefficient (Wildman–Crippen LogP) is 2.49. The highest BCUT2D eigenvalue weighted by Gasteiger charge is 2.08. The summed E-state index contributed by atoms with van der Waals surface area (Å²) in [7, 11) is 0. The second-order valence-corrected chi connectivity index (χ2v) is 4.74. The number of aryl methyl sites for hydroxylation is 1. The van der Waals surface area contributed by atoms with Gasteiger partial charge in [-0.3, -0.25) is 9.36 Å². The van der Waals surface area contributed by atoms with Crippen LogP contribution in [-0.4, -0.2) is 9.55 Å². The average molecular weight is 284 g/mol. The average Bonchev–Trinajstić information content (AvgIpc) is 2.33. The van der Waals surface area contributed by atoms with Gasteiger partial charge in [0.25, 0.3) is 5.56 Å². The van der Waals surface area contributed by atoms with E-state index in [1.54, 1.807) is 0 Å². The number of benzene rings is 1. The summed E-state index contributed by atoms with van der Waals surface area (Å²) < 4.78 is 1.37. The molecule has 94 valence electrons. The molecule has 0 radical (unpaired) electrons. The van der Waals surface area contributed by atoms with Gasteiger partial charge in [-0.15, -0.1) is 0 Å². The molecule has 1 heterocycles. The van der Waals surface area contributed by atoms with Crippen molar-refractivity contribution >= 4 is 28.9 Å². The zero-order chi connectivity index (χ0) is 13.3. The number of nitrogen functional groups attached to an aromatic ring is 1. The first kappa shape index (κ1) is 12.9. The lowest BCUT2D eigenvalue weighted by Crippen LogP contribution is -2.24. The first-order valence-corrected chi connectivity index (χ1v) is 6.00. The minimum atomic E-state index is -0.369. The number of rotatable bonds is 2. The Labute approximate surface area is 114 Å². The van der Waals surface area contributed by atoms with Crippen LogP contribution in [0.25, 0.3) is 0 Å². The molecule has 0 aliphatic carbocycles. The molecule has 0 unspecified atom stereocenters. The van der Waals surface area contributed by atoms with E-state index in [1.165, 1.54) is 10.9 Å². The minimum Gasteiger partial charge on any atom is -0.392 e. The monoisotopic (exact) mass is 283 g/mol. The summed E-state index contributed by atoms with van der Waals surface area (Å²) in [5.41, 5.74) is 7.00. The molecule has 18 heavy (non-hydrogen) atoms. The van der Waals surface area contributed by atoms with E-state index >= 15 is 0 Å². The fraction of sp³-hybridized carbons (Fsp3) is 0.167. The molecule has 0 amide bonds. The highest BCUT2D eigenvalue weighted by molar-refractivity contribution is 6.31. The van der Waals surface area contributed by atoms with E-state index in [0.717, 1.165) is 11.1 Å². The van der Waals surface area contributed by atoms with E-state index in [-0.39, 0.29) is 16.4 Å². The van der Waals surface area contributed by atoms with Crippen molar-refractivity contribution in [2.75, 3.05) is 5.73 Å². The Morgan fingerprint density at radius 2 is 2.11 bits per heavy atom. The summed E-state index contributed by atoms with van der Waals surface area (Å²) >= 11 is 11.8. The minimum absolute atomic E-state index is 0.0197. The third kappa shape index (κ3) is 2.49. The molecule has 0 spiro atoms. The molecule has 2 N–H and O–H groups in total. The topological polar surface area (TPSA) is 60.9 Å². The summed E-state index contributed by atoms with van der Waals surface area (Å²) in [6.07, 6.45) is 1.36. The van der Waals surface area contributed by atoms with Gasteiger partial charge in [-0.2, -0.15) is 0 Å². The second kappa shape index (κ2) is 5.00. The second-order valence-electron chi connectivity index (χ2n) is 3.98. The van der Waals surface area contributed by atoms with Gasteiger partial charge >= 0.3 is 0 Å². The largest absolute Gasteiger partial charge is 0.392 e. The van der Waals surface area contributed by atoms with Gasteiger partial charge in [0.1, 0.15) is 5.69 Å². The molecular formula is C12H11Cl2N3O. The molecule has 0 atom stereocenters. The van der Waals surface area contributed by atoms with Crippen LogP contribution in [0.2, 0.25) is 10.2 Å². The normalized spacial score (nSPS) is 10.6. The van der Waals surface area contributed by atoms with Gasteiger partial charge in [0.15, 0.2) is 5.15 Å². The van der Waals surface area contributed by atoms with E-state index in [2.05, 4.69) is 4.98 Å². The lowest BCUT2D eigenvalue weighted by molar-refractivity contribution is 0.739. The Morgan fingerprint density at radius 1 is 1.39 bits per heavy atom. The van der Waals surface area contributed by atoms with Crippen molar-refractivity contribution in [1.29, 1.82) is 0 Å². The van der Waals surface area contributed by atoms with Crippen molar-refractivity contribution in [3.8, 4) is 0 Å². The maximum absolute atomic E-state index is 11.8. The van der Waals surface area contributed by atoms with Crippen LogP contribution < -0.4 is 11.3 Å². The summed E-state index contributed by atoms with van der Waals surface area (Å²) in [5, 5.41) is 0.627. The maximum Gasteiger partial charge on any atom is 0.278 e. The first-order valence-electron chi connectivity index (χ1n) is 5.24. The van der Waals surface area contributed by atoms with Gasteiger partial charge in [0.2, 0.25) is 0 Å². The summed E-state index contributed by atoms with van der Waals surface area (Å²) in [6, 6.07) is 5.64. The van der Waals surface area contributed by atoms with E-state index in [9.17, 15) is 4.79 Å². The Morgan fingerprint density at radius 3 is 2.78 bits per heavy atom. The maximum atomic E-state index is 11.8. The van der Waals surface area contributed by atoms with Crippen LogP contribution in [0.15, 0.2) is 29.3 Å². The molecule has 0 saturated carbocycles. The molecule has 0 bridgehead atoms. The number of nitrogens with two attached hydrogens (primary N) is 1. The Bertz CT molecular complexity index is 652. The summed E-state index contributed by atoms with van der Waals surface area (Å²) in [4.78, 5) is 15.7. The number of nitrogens with zero attached hydrogens (tertiary/aromatic N) is 2. The van der Waals surface area contributed by atoms with Crippen molar-refractivity contribution in [3.63, 3.8) is 0 Å². The van der Waals surface area contributed by atoms with Gasteiger partial charge in [-0.25, -0.2) is 4.98 Å². The lowest BCUT2D eigenvalue weighted by atomic mass is 10.1. The zero-order valence-corrected chi connectivity index (χ0v) is 11.2. The van der Waals surface area contributed by atoms with Crippen LogP contribution in [0, 0.1) is 6.92 Å². The lowest BCUT2D eigenvalue weighted by Gasteiger charge is -2.09. The summed E-state index contributed by atoms with van der Waals surface area (Å²) in [5.74, 6) is 0. The van der Waals surface area contributed by atoms with Crippen molar-refractivity contribution in [3.05, 3.63) is 56.2 Å². The third-order valence-corrected chi connectivity index (χ3v) is 3.23. The van der Waals surface area contributed by atoms with Crippen LogP contribution in [0.5, 0.6) is 0 Å². The molecule has 0 saturated heterocycles. The van der Waals surface area contributed by atoms with Crippen molar-refractivity contribution < 1.29 is 0 Å². The number of aromatic nitrogens is 2. The molecule has 4 nitrogen and oxygen atoms in total. The Kier molecular flexibility index (Phi) is 3.59. The molecule has 2 aromatic rings. The Hall–Kier alpha value is -1.52. The standard InChI is InChI=1S/C12H11Cl2N3O/c1-7-2-3-8(9(13)4-7)5-17-6-16-11(14)10(15)12(17)18/h2-4,6H,5,15H2,1H3. The summed E-state index contributed by atoms with van der Waals surface area (Å²) in [6.45, 7) is 2.26. The van der Waals surface area contributed by atoms with E-state index in [4.69, 9.17) is 28.9 Å². The van der Waals surface area contributed by atoms with Crippen molar-refractivity contribution in [2.45, 2.75) is 13.5 Å². The van der Waals surface area contributed by atoms with Crippen LogP contribution in [0.1, 0.15) is 11.1 Å². The van der Waals surface area contributed by atoms with Gasteiger partial charge in [0, 0.05) is 5.02 Å². The molecule has 1 aromatic carbocycles. The van der Waals surface area contributed by atoms with Crippen LogP contribution in [-0.2, 0) is 6.54 Å². The molecule has 2 rings (SSSR count). The van der Waals surface area contributed by atoms with Gasteiger partial charge in [0.05, 0.1) is 12.9 Å². The first-order chi connectivity index (χ1) is 8.49. The predicted molar refractivity (Wildman–Crippen MR) is 73.2 cm³/mol. The van der Waals surface area contributed by atoms with Crippen LogP contribution >= 0.6 is 23.2 Å². The van der Waals surface area contributed by atoms with E-state index in [1.807, 2.05) is 25.1 Å². The zero-order valence-electron chi connectivity index (χ0n) is 9.65. The molecule has 1 aromatic heterocycles. The molecule has 0 aliphatic heterocycles. The highest BCUT2D eigenvalue weighted by Crippen LogP contribution is 2.18. The quantitative estimate of drug-likeness (QED) is 0.862. The van der Waals surface area contributed by atoms with Crippen LogP contribution in [0.4, 0.5) is 5.69 Å². The third-order valence-electron chi connectivity index (χ3n) is 2.57.